The molecule has 1 aromatic rings. The van der Waals surface area contributed by atoms with Gasteiger partial charge in [-0.3, -0.25) is 0 Å². The molecular formula is C11H19N5. The van der Waals surface area contributed by atoms with Crippen LogP contribution in [0.5, 0.6) is 0 Å². The average Bonchev–Trinajstić information content (AvgIpc) is 2.97. The van der Waals surface area contributed by atoms with Gasteiger partial charge in [0.15, 0.2) is 0 Å². The van der Waals surface area contributed by atoms with Crippen LogP contribution in [-0.4, -0.2) is 28.4 Å². The van der Waals surface area contributed by atoms with Gasteiger partial charge in [0.1, 0.15) is 0 Å². The Balaban J connectivity index is 1.89. The fourth-order valence-corrected chi connectivity index (χ4v) is 3.01. The lowest BCUT2D eigenvalue weighted by Gasteiger charge is -2.28. The van der Waals surface area contributed by atoms with Crippen molar-refractivity contribution >= 4 is 11.9 Å². The number of rotatable bonds is 2. The third-order valence-corrected chi connectivity index (χ3v) is 3.84. The molecule has 1 unspecified atom stereocenters. The Kier molecular flexibility index (Phi) is 2.46. The lowest BCUT2D eigenvalue weighted by atomic mass is 9.95. The predicted molar refractivity (Wildman–Crippen MR) is 63.7 cm³/mol. The van der Waals surface area contributed by atoms with E-state index in [9.17, 15) is 0 Å². The largest absolute Gasteiger partial charge is 0.356 e. The molecule has 16 heavy (non-hydrogen) atoms. The minimum absolute atomic E-state index is 0.563. The van der Waals surface area contributed by atoms with E-state index in [1.54, 1.807) is 0 Å². The van der Waals surface area contributed by atoms with E-state index in [-0.39, 0.29) is 0 Å². The molecule has 1 saturated carbocycles. The van der Waals surface area contributed by atoms with E-state index in [4.69, 9.17) is 0 Å². The Morgan fingerprint density at radius 1 is 1.31 bits per heavy atom. The van der Waals surface area contributed by atoms with Gasteiger partial charge in [-0.15, -0.1) is 5.10 Å². The van der Waals surface area contributed by atoms with Crippen molar-refractivity contribution in [2.75, 3.05) is 24.2 Å². The minimum Gasteiger partial charge on any atom is -0.356 e. The molecule has 1 aromatic heterocycles. The third-order valence-electron chi connectivity index (χ3n) is 3.84. The molecular weight excluding hydrogens is 202 g/mol. The van der Waals surface area contributed by atoms with Crippen molar-refractivity contribution in [2.45, 2.75) is 38.1 Å². The molecule has 88 valence electrons. The van der Waals surface area contributed by atoms with Crippen LogP contribution >= 0.6 is 0 Å². The van der Waals surface area contributed by atoms with E-state index >= 15 is 0 Å². The van der Waals surface area contributed by atoms with Gasteiger partial charge < -0.3 is 10.6 Å². The Morgan fingerprint density at radius 2 is 2.12 bits per heavy atom. The summed E-state index contributed by atoms with van der Waals surface area (Å²) in [6.45, 7) is 1.03. The maximum absolute atomic E-state index is 4.53. The molecule has 1 aliphatic carbocycles. The Bertz CT molecular complexity index is 366. The van der Waals surface area contributed by atoms with Gasteiger partial charge in [0.05, 0.1) is 6.04 Å². The van der Waals surface area contributed by atoms with Gasteiger partial charge in [-0.25, -0.2) is 4.68 Å². The van der Waals surface area contributed by atoms with Crippen LogP contribution in [-0.2, 0) is 0 Å². The van der Waals surface area contributed by atoms with E-state index < -0.39 is 0 Å². The van der Waals surface area contributed by atoms with Crippen molar-refractivity contribution in [3.05, 3.63) is 0 Å². The van der Waals surface area contributed by atoms with Crippen LogP contribution < -0.4 is 10.6 Å². The van der Waals surface area contributed by atoms with E-state index in [0.29, 0.717) is 6.04 Å². The quantitative estimate of drug-likeness (QED) is 0.800. The molecule has 1 aliphatic heterocycles. The summed E-state index contributed by atoms with van der Waals surface area (Å²) in [4.78, 5) is 4.42. The van der Waals surface area contributed by atoms with Crippen molar-refractivity contribution in [1.82, 2.24) is 14.8 Å². The smallest absolute Gasteiger partial charge is 0.243 e. The fraction of sp³-hybridized carbons (Fsp3) is 0.818. The second-order valence-electron chi connectivity index (χ2n) is 4.78. The molecule has 2 N–H and O–H groups in total. The summed E-state index contributed by atoms with van der Waals surface area (Å²) >= 11 is 0. The monoisotopic (exact) mass is 221 g/mol. The summed E-state index contributed by atoms with van der Waals surface area (Å²) in [6, 6.07) is 0.563. The van der Waals surface area contributed by atoms with E-state index in [1.165, 1.54) is 32.1 Å². The molecule has 2 aliphatic rings. The van der Waals surface area contributed by atoms with Crippen LogP contribution in [0.4, 0.5) is 11.9 Å². The third kappa shape index (κ3) is 1.54. The van der Waals surface area contributed by atoms with Gasteiger partial charge in [0, 0.05) is 13.6 Å². The van der Waals surface area contributed by atoms with Gasteiger partial charge in [-0.1, -0.05) is 12.8 Å². The average molecular weight is 221 g/mol. The summed E-state index contributed by atoms with van der Waals surface area (Å²) in [7, 11) is 1.87. The van der Waals surface area contributed by atoms with Gasteiger partial charge in [0.2, 0.25) is 11.9 Å². The summed E-state index contributed by atoms with van der Waals surface area (Å²) in [5, 5.41) is 10.9. The van der Waals surface area contributed by atoms with Crippen LogP contribution in [0.1, 0.15) is 38.1 Å². The first-order valence-electron chi connectivity index (χ1n) is 6.26. The van der Waals surface area contributed by atoms with Crippen LogP contribution in [0.25, 0.3) is 0 Å². The van der Waals surface area contributed by atoms with Crippen molar-refractivity contribution < 1.29 is 0 Å². The lowest BCUT2D eigenvalue weighted by Crippen LogP contribution is -2.28. The van der Waals surface area contributed by atoms with E-state index in [2.05, 4.69) is 25.4 Å². The molecule has 0 saturated heterocycles. The SMILES string of the molecule is CNc1nc2n(n1)C(C1CCCC1)CCN2. The van der Waals surface area contributed by atoms with Crippen molar-refractivity contribution in [3.8, 4) is 0 Å². The maximum Gasteiger partial charge on any atom is 0.243 e. The van der Waals surface area contributed by atoms with Crippen LogP contribution in [0.2, 0.25) is 0 Å². The molecule has 1 fully saturated rings. The highest BCUT2D eigenvalue weighted by atomic mass is 15.5. The molecule has 0 aromatic carbocycles. The standard InChI is InChI=1S/C11H19N5/c1-12-10-14-11-13-7-6-9(16(11)15-10)8-4-2-3-5-8/h8-9H,2-7H2,1H3,(H2,12,13,14,15). The Hall–Kier alpha value is -1.26. The number of hydrogen-bond acceptors (Lipinski definition) is 4. The first-order chi connectivity index (χ1) is 7.88. The van der Waals surface area contributed by atoms with Crippen molar-refractivity contribution in [1.29, 1.82) is 0 Å². The molecule has 3 rings (SSSR count). The number of nitrogens with zero attached hydrogens (tertiary/aromatic N) is 3. The lowest BCUT2D eigenvalue weighted by molar-refractivity contribution is 0.290. The maximum atomic E-state index is 4.53. The predicted octanol–water partition coefficient (Wildman–Crippen LogP) is 1.87. The second-order valence-corrected chi connectivity index (χ2v) is 4.78. The highest BCUT2D eigenvalue weighted by molar-refractivity contribution is 5.36. The normalized spacial score (nSPS) is 25.2. The summed E-state index contributed by atoms with van der Waals surface area (Å²) < 4.78 is 2.10. The zero-order chi connectivity index (χ0) is 11.0. The topological polar surface area (TPSA) is 54.8 Å². The molecule has 5 heteroatoms. The Labute approximate surface area is 95.6 Å². The van der Waals surface area contributed by atoms with Gasteiger partial charge >= 0.3 is 0 Å². The van der Waals surface area contributed by atoms with Crippen molar-refractivity contribution in [2.24, 2.45) is 5.92 Å². The van der Waals surface area contributed by atoms with Crippen LogP contribution in [0, 0.1) is 5.92 Å². The second kappa shape index (κ2) is 3.96. The minimum atomic E-state index is 0.563. The number of hydrogen-bond donors (Lipinski definition) is 2. The summed E-state index contributed by atoms with van der Waals surface area (Å²) in [5.41, 5.74) is 0. The van der Waals surface area contributed by atoms with E-state index in [0.717, 1.165) is 24.4 Å². The molecule has 5 nitrogen and oxygen atoms in total. The Morgan fingerprint density at radius 3 is 2.88 bits per heavy atom. The van der Waals surface area contributed by atoms with E-state index in [1.807, 2.05) is 7.05 Å². The summed E-state index contributed by atoms with van der Waals surface area (Å²) in [5.74, 6) is 2.48. The number of nitrogens with one attached hydrogen (secondary N) is 2. The van der Waals surface area contributed by atoms with Crippen molar-refractivity contribution in [3.63, 3.8) is 0 Å². The molecule has 2 heterocycles. The summed E-state index contributed by atoms with van der Waals surface area (Å²) in [6.07, 6.45) is 6.68. The molecule has 0 radical (unpaired) electrons. The van der Waals surface area contributed by atoms with Crippen LogP contribution in [0.15, 0.2) is 0 Å². The molecule has 0 bridgehead atoms. The molecule has 0 spiro atoms. The zero-order valence-electron chi connectivity index (χ0n) is 9.74. The highest BCUT2D eigenvalue weighted by Crippen LogP contribution is 2.38. The number of anilines is 2. The molecule has 0 amide bonds. The van der Waals surface area contributed by atoms with Gasteiger partial charge in [0.25, 0.3) is 0 Å². The fourth-order valence-electron chi connectivity index (χ4n) is 3.01. The first-order valence-corrected chi connectivity index (χ1v) is 6.26. The van der Waals surface area contributed by atoms with Crippen LogP contribution in [0.3, 0.4) is 0 Å². The zero-order valence-corrected chi connectivity index (χ0v) is 9.74. The van der Waals surface area contributed by atoms with Gasteiger partial charge in [-0.05, 0) is 25.2 Å². The van der Waals surface area contributed by atoms with Gasteiger partial charge in [-0.2, -0.15) is 4.98 Å². The molecule has 1 atom stereocenters. The first kappa shape index (κ1) is 9.93. The highest BCUT2D eigenvalue weighted by Gasteiger charge is 2.31. The number of aromatic nitrogens is 3. The number of fused-ring (bicyclic) bond motifs is 1.